The molecule has 108 valence electrons. The van der Waals surface area contributed by atoms with Gasteiger partial charge in [-0.3, -0.25) is 10.1 Å². The maximum absolute atomic E-state index is 11.4. The average molecular weight is 339 g/mol. The molecule has 1 aromatic rings. The van der Waals surface area contributed by atoms with Gasteiger partial charge in [0.25, 0.3) is 5.69 Å². The van der Waals surface area contributed by atoms with Crippen LogP contribution in [-0.4, -0.2) is 18.0 Å². The van der Waals surface area contributed by atoms with Crippen molar-refractivity contribution in [3.63, 3.8) is 0 Å². The van der Waals surface area contributed by atoms with Gasteiger partial charge in [-0.25, -0.2) is 0 Å². The Morgan fingerprint density at radius 2 is 1.80 bits per heavy atom. The minimum atomic E-state index is -0.242. The molecular weight excluding hydrogens is 320 g/mol. The van der Waals surface area contributed by atoms with E-state index in [9.17, 15) is 10.1 Å². The van der Waals surface area contributed by atoms with E-state index in [0.717, 1.165) is 36.2 Å². The third-order valence-corrected chi connectivity index (χ3v) is 4.73. The maximum Gasteiger partial charge on any atom is 0.292 e. The first-order chi connectivity index (χ1) is 9.67. The number of benzene rings is 1. The van der Waals surface area contributed by atoms with Crippen LogP contribution < -0.4 is 4.90 Å². The topological polar surface area (TPSA) is 46.4 Å². The van der Waals surface area contributed by atoms with Gasteiger partial charge in [-0.1, -0.05) is 22.0 Å². The van der Waals surface area contributed by atoms with Gasteiger partial charge in [0.15, 0.2) is 0 Å². The summed E-state index contributed by atoms with van der Waals surface area (Å²) in [7, 11) is 0. The lowest BCUT2D eigenvalue weighted by Crippen LogP contribution is -2.28. The third-order valence-electron chi connectivity index (χ3n) is 4.08. The molecule has 4 nitrogen and oxygen atoms in total. The zero-order chi connectivity index (χ0) is 14.1. The van der Waals surface area contributed by atoms with Gasteiger partial charge in [0.1, 0.15) is 5.69 Å². The molecule has 0 aromatic heterocycles. The van der Waals surface area contributed by atoms with Gasteiger partial charge >= 0.3 is 0 Å². The van der Waals surface area contributed by atoms with Crippen LogP contribution in [0.1, 0.15) is 31.2 Å². The maximum atomic E-state index is 11.4. The van der Waals surface area contributed by atoms with E-state index in [4.69, 9.17) is 0 Å². The van der Waals surface area contributed by atoms with E-state index in [1.807, 2.05) is 12.1 Å². The second kappa shape index (κ2) is 5.72. The summed E-state index contributed by atoms with van der Waals surface area (Å²) < 4.78 is 0. The number of nitro groups is 1. The van der Waals surface area contributed by atoms with Crippen LogP contribution in [-0.2, 0) is 5.33 Å². The van der Waals surface area contributed by atoms with E-state index in [2.05, 4.69) is 20.8 Å². The highest BCUT2D eigenvalue weighted by Gasteiger charge is 2.32. The van der Waals surface area contributed by atoms with Crippen molar-refractivity contribution in [3.8, 4) is 0 Å². The quantitative estimate of drug-likeness (QED) is 0.427. The van der Waals surface area contributed by atoms with Gasteiger partial charge in [-0.15, -0.1) is 0 Å². The van der Waals surface area contributed by atoms with Gasteiger partial charge in [-0.2, -0.15) is 0 Å². The van der Waals surface area contributed by atoms with Gasteiger partial charge in [0, 0.05) is 24.5 Å². The Bertz CT molecular complexity index is 499. The number of alkyl halides is 1. The van der Waals surface area contributed by atoms with Crippen molar-refractivity contribution in [2.24, 2.45) is 11.8 Å². The highest BCUT2D eigenvalue weighted by Crippen LogP contribution is 2.38. The molecule has 2 aliphatic rings. The van der Waals surface area contributed by atoms with Crippen LogP contribution in [0.2, 0.25) is 0 Å². The SMILES string of the molecule is O=[N+]([O-])c1cc(CBr)ccc1N(CC1CC1)CC1CC1. The van der Waals surface area contributed by atoms with Crippen molar-refractivity contribution in [3.05, 3.63) is 33.9 Å². The first kappa shape index (κ1) is 13.9. The lowest BCUT2D eigenvalue weighted by Gasteiger charge is -2.24. The van der Waals surface area contributed by atoms with Gasteiger partial charge in [-0.05, 0) is 49.1 Å². The molecule has 0 amide bonds. The number of rotatable bonds is 7. The van der Waals surface area contributed by atoms with Crippen molar-refractivity contribution in [2.75, 3.05) is 18.0 Å². The lowest BCUT2D eigenvalue weighted by molar-refractivity contribution is -0.384. The van der Waals surface area contributed by atoms with E-state index < -0.39 is 0 Å². The molecule has 2 fully saturated rings. The smallest absolute Gasteiger partial charge is 0.292 e. The predicted molar refractivity (Wildman–Crippen MR) is 83.4 cm³/mol. The van der Waals surface area contributed by atoms with E-state index in [1.54, 1.807) is 6.07 Å². The number of nitro benzene ring substituents is 1. The molecule has 0 unspecified atom stereocenters. The number of halogens is 1. The molecule has 2 aliphatic carbocycles. The van der Waals surface area contributed by atoms with E-state index in [1.165, 1.54) is 25.7 Å². The van der Waals surface area contributed by atoms with Crippen LogP contribution in [0.4, 0.5) is 11.4 Å². The zero-order valence-electron chi connectivity index (χ0n) is 11.4. The summed E-state index contributed by atoms with van der Waals surface area (Å²) in [5, 5.41) is 12.0. The van der Waals surface area contributed by atoms with Crippen LogP contribution in [0.15, 0.2) is 18.2 Å². The van der Waals surface area contributed by atoms with Gasteiger partial charge < -0.3 is 4.90 Å². The Morgan fingerprint density at radius 1 is 1.20 bits per heavy atom. The first-order valence-corrected chi connectivity index (χ1v) is 8.37. The minimum absolute atomic E-state index is 0.242. The molecular formula is C15H19BrN2O2. The predicted octanol–water partition coefficient (Wildman–Crippen LogP) is 4.12. The fourth-order valence-corrected chi connectivity index (χ4v) is 2.91. The van der Waals surface area contributed by atoms with Crippen molar-refractivity contribution in [1.82, 2.24) is 0 Å². The Hall–Kier alpha value is -1.10. The molecule has 0 spiro atoms. The molecule has 0 saturated heterocycles. The fourth-order valence-electron chi connectivity index (χ4n) is 2.56. The van der Waals surface area contributed by atoms with Crippen LogP contribution in [0, 0.1) is 22.0 Å². The molecule has 0 radical (unpaired) electrons. The molecule has 0 bridgehead atoms. The summed E-state index contributed by atoms with van der Waals surface area (Å²) in [4.78, 5) is 13.4. The lowest BCUT2D eigenvalue weighted by atomic mass is 10.1. The largest absolute Gasteiger partial charge is 0.365 e. The Kier molecular flexibility index (Phi) is 3.96. The zero-order valence-corrected chi connectivity index (χ0v) is 13.0. The molecule has 0 aliphatic heterocycles. The Balaban J connectivity index is 1.88. The molecule has 0 N–H and O–H groups in total. The molecule has 3 rings (SSSR count). The van der Waals surface area contributed by atoms with Crippen molar-refractivity contribution < 1.29 is 4.92 Å². The standard InChI is InChI=1S/C15H19BrN2O2/c16-8-13-5-6-14(15(7-13)18(19)20)17(9-11-1-2-11)10-12-3-4-12/h5-7,11-12H,1-4,8-10H2. The summed E-state index contributed by atoms with van der Waals surface area (Å²) in [5.74, 6) is 1.48. The number of hydrogen-bond acceptors (Lipinski definition) is 3. The van der Waals surface area contributed by atoms with Crippen molar-refractivity contribution >= 4 is 27.3 Å². The highest BCUT2D eigenvalue weighted by molar-refractivity contribution is 9.08. The number of hydrogen-bond donors (Lipinski definition) is 0. The molecule has 5 heteroatoms. The second-order valence-electron chi connectivity index (χ2n) is 6.01. The van der Waals surface area contributed by atoms with Crippen LogP contribution in [0.25, 0.3) is 0 Å². The first-order valence-electron chi connectivity index (χ1n) is 7.25. The Labute approximate surface area is 127 Å². The minimum Gasteiger partial charge on any atom is -0.365 e. The van der Waals surface area contributed by atoms with Crippen molar-refractivity contribution in [1.29, 1.82) is 0 Å². The third kappa shape index (κ3) is 3.32. The second-order valence-corrected chi connectivity index (χ2v) is 6.57. The average Bonchev–Trinajstić information content (AvgIpc) is 3.32. The van der Waals surface area contributed by atoms with E-state index >= 15 is 0 Å². The molecule has 0 atom stereocenters. The van der Waals surface area contributed by atoms with Gasteiger partial charge in [0.2, 0.25) is 0 Å². The number of anilines is 1. The summed E-state index contributed by atoms with van der Waals surface area (Å²) in [6.45, 7) is 1.95. The number of nitrogens with zero attached hydrogens (tertiary/aromatic N) is 2. The van der Waals surface area contributed by atoms with Gasteiger partial charge in [0.05, 0.1) is 4.92 Å². The van der Waals surface area contributed by atoms with Crippen LogP contribution in [0.3, 0.4) is 0 Å². The molecule has 2 saturated carbocycles. The van der Waals surface area contributed by atoms with Crippen molar-refractivity contribution in [2.45, 2.75) is 31.0 Å². The van der Waals surface area contributed by atoms with Crippen LogP contribution in [0.5, 0.6) is 0 Å². The monoisotopic (exact) mass is 338 g/mol. The van der Waals surface area contributed by atoms with Crippen LogP contribution >= 0.6 is 15.9 Å². The fraction of sp³-hybridized carbons (Fsp3) is 0.600. The van der Waals surface area contributed by atoms with E-state index in [0.29, 0.717) is 5.33 Å². The molecule has 0 heterocycles. The highest BCUT2D eigenvalue weighted by atomic mass is 79.9. The normalized spacial score (nSPS) is 18.1. The summed E-state index contributed by atoms with van der Waals surface area (Å²) >= 11 is 3.37. The van der Waals surface area contributed by atoms with E-state index in [-0.39, 0.29) is 10.6 Å². The Morgan fingerprint density at radius 3 is 2.25 bits per heavy atom. The summed E-state index contributed by atoms with van der Waals surface area (Å²) in [5.41, 5.74) is 2.01. The summed E-state index contributed by atoms with van der Waals surface area (Å²) in [6.07, 6.45) is 5.09. The molecule has 20 heavy (non-hydrogen) atoms. The summed E-state index contributed by atoms with van der Waals surface area (Å²) in [6, 6.07) is 5.63. The molecule has 1 aromatic carbocycles.